The summed E-state index contributed by atoms with van der Waals surface area (Å²) < 4.78 is 8.97. The lowest BCUT2D eigenvalue weighted by molar-refractivity contribution is 0.102. The maximum absolute atomic E-state index is 13.0. The van der Waals surface area contributed by atoms with E-state index in [-0.39, 0.29) is 11.9 Å². The number of ketones is 1. The Morgan fingerprint density at radius 2 is 1.38 bits per heavy atom. The largest absolute Gasteiger partial charge is 0.497 e. The molecule has 0 heterocycles. The average Bonchev–Trinajstić information content (AvgIpc) is 2.73. The fourth-order valence-corrected chi connectivity index (χ4v) is 5.75. The Bertz CT molecular complexity index is 920. The molecule has 3 aromatic carbocycles. The monoisotopic (exact) mass is 362 g/mol. The Labute approximate surface area is 153 Å². The van der Waals surface area contributed by atoms with Crippen LogP contribution in [0.1, 0.15) is 10.4 Å². The minimum absolute atomic E-state index is 0.0634. The molecule has 0 aliphatic heterocycles. The van der Waals surface area contributed by atoms with Gasteiger partial charge in [-0.3, -0.25) is 4.79 Å². The van der Waals surface area contributed by atoms with Gasteiger partial charge in [0, 0.05) is 5.56 Å². The van der Waals surface area contributed by atoms with Gasteiger partial charge in [0.25, 0.3) is 7.05 Å². The Morgan fingerprint density at radius 3 is 1.81 bits per heavy atom. The normalized spacial score (nSPS) is 10.8. The SMILES string of the molecule is COc1ccc(C(=O)CP(=[N+]=[N-])(c2ccccc2)c2ccccc2)cc1. The topological polar surface area (TPSA) is 62.7 Å². The first kappa shape index (κ1) is 17.9. The molecule has 0 spiro atoms. The molecule has 0 aliphatic rings. The van der Waals surface area contributed by atoms with Crippen molar-refractivity contribution in [2.24, 2.45) is 0 Å². The molecule has 3 rings (SSSR count). The number of carbonyl (C=O) groups excluding carboxylic acids is 1. The molecular weight excluding hydrogens is 343 g/mol. The second-order valence-electron chi connectivity index (χ2n) is 5.84. The van der Waals surface area contributed by atoms with Gasteiger partial charge in [0.1, 0.15) is 11.9 Å². The van der Waals surface area contributed by atoms with E-state index in [0.29, 0.717) is 11.3 Å². The van der Waals surface area contributed by atoms with Crippen molar-refractivity contribution < 1.29 is 9.53 Å². The zero-order valence-electron chi connectivity index (χ0n) is 14.4. The number of benzene rings is 3. The Kier molecular flexibility index (Phi) is 5.48. The van der Waals surface area contributed by atoms with Crippen LogP contribution in [0.3, 0.4) is 0 Å². The average molecular weight is 362 g/mol. The number of carbonyl (C=O) groups is 1. The van der Waals surface area contributed by atoms with Gasteiger partial charge in [0.05, 0.1) is 17.7 Å². The molecule has 3 aromatic rings. The highest BCUT2D eigenvalue weighted by molar-refractivity contribution is 7.81. The Hall–Kier alpha value is -2.93. The molecule has 0 radical (unpaired) electrons. The van der Waals surface area contributed by atoms with Crippen LogP contribution in [0.5, 0.6) is 5.75 Å². The van der Waals surface area contributed by atoms with E-state index in [1.54, 1.807) is 31.4 Å². The molecule has 0 saturated carbocycles. The highest BCUT2D eigenvalue weighted by atomic mass is 31.2. The van der Waals surface area contributed by atoms with Gasteiger partial charge in [0.2, 0.25) is 0 Å². The van der Waals surface area contributed by atoms with Crippen molar-refractivity contribution in [2.75, 3.05) is 13.3 Å². The van der Waals surface area contributed by atoms with Crippen LogP contribution in [-0.4, -0.2) is 19.1 Å². The summed E-state index contributed by atoms with van der Waals surface area (Å²) in [5.41, 5.74) is 10.6. The van der Waals surface area contributed by atoms with Gasteiger partial charge in [-0.15, -0.1) is 0 Å². The maximum atomic E-state index is 13.0. The van der Waals surface area contributed by atoms with Gasteiger partial charge < -0.3 is 10.3 Å². The molecular formula is C21H19N2O2P. The van der Waals surface area contributed by atoms with Gasteiger partial charge in [-0.25, -0.2) is 4.54 Å². The standard InChI is InChI=1S/C21H19N2O2P/c1-25-18-14-12-17(13-15-18)21(24)16-26(23-22,19-8-4-2-5-9-19)20-10-6-3-7-11-20/h2-15H,16H2,1H3. The quantitative estimate of drug-likeness (QED) is 0.290. The number of nitrogens with zero attached hydrogens (tertiary/aromatic N) is 2. The third kappa shape index (κ3) is 3.52. The van der Waals surface area contributed by atoms with Gasteiger partial charge in [-0.05, 0) is 48.5 Å². The molecule has 5 heteroatoms. The molecule has 0 aliphatic carbocycles. The third-order valence-corrected chi connectivity index (χ3v) is 7.66. The van der Waals surface area contributed by atoms with Crippen LogP contribution in [0.25, 0.3) is 5.53 Å². The Balaban J connectivity index is 2.07. The summed E-state index contributed by atoms with van der Waals surface area (Å²) in [5.74, 6) is 0.632. The molecule has 0 N–H and O–H groups in total. The van der Waals surface area contributed by atoms with Crippen molar-refractivity contribution in [3.05, 3.63) is 96.0 Å². The molecule has 4 nitrogen and oxygen atoms in total. The number of rotatable bonds is 6. The van der Waals surface area contributed by atoms with Gasteiger partial charge in [0.15, 0.2) is 5.78 Å². The molecule has 0 atom stereocenters. The molecule has 0 fully saturated rings. The van der Waals surface area contributed by atoms with Crippen molar-refractivity contribution in [3.8, 4) is 5.75 Å². The third-order valence-electron chi connectivity index (χ3n) is 4.30. The van der Waals surface area contributed by atoms with E-state index in [4.69, 9.17) is 4.74 Å². The fourth-order valence-electron chi connectivity index (χ4n) is 2.89. The van der Waals surface area contributed by atoms with Crippen molar-refractivity contribution in [2.45, 2.75) is 0 Å². The van der Waals surface area contributed by atoms with E-state index < -0.39 is 7.05 Å². The molecule has 0 aromatic heterocycles. The first-order valence-electron chi connectivity index (χ1n) is 8.23. The van der Waals surface area contributed by atoms with E-state index in [2.05, 4.69) is 4.54 Å². The smallest absolute Gasteiger partial charge is 0.275 e. The molecule has 130 valence electrons. The summed E-state index contributed by atoms with van der Waals surface area (Å²) in [6.07, 6.45) is 0.129. The van der Waals surface area contributed by atoms with E-state index in [1.807, 2.05) is 60.7 Å². The zero-order chi connectivity index (χ0) is 18.4. The highest BCUT2D eigenvalue weighted by Crippen LogP contribution is 2.43. The van der Waals surface area contributed by atoms with Gasteiger partial charge in [-0.1, -0.05) is 36.4 Å². The summed E-state index contributed by atoms with van der Waals surface area (Å²) in [4.78, 5) is 13.0. The van der Waals surface area contributed by atoms with Crippen molar-refractivity contribution in [1.29, 1.82) is 0 Å². The second kappa shape index (κ2) is 7.97. The minimum Gasteiger partial charge on any atom is -0.497 e. The van der Waals surface area contributed by atoms with Gasteiger partial charge in [-0.2, -0.15) is 0 Å². The van der Waals surface area contributed by atoms with Crippen LogP contribution >= 0.6 is 7.05 Å². The highest BCUT2D eigenvalue weighted by Gasteiger charge is 2.36. The first-order chi connectivity index (χ1) is 12.7. The molecule has 0 bridgehead atoms. The lowest BCUT2D eigenvalue weighted by Crippen LogP contribution is -2.24. The number of methoxy groups -OCH3 is 1. The van der Waals surface area contributed by atoms with E-state index in [9.17, 15) is 10.3 Å². The number of Topliss-reactive ketones (excluding diaryl/α,β-unsaturated/α-hetero) is 1. The Morgan fingerprint density at radius 1 is 0.885 bits per heavy atom. The summed E-state index contributed by atoms with van der Waals surface area (Å²) in [7, 11) is -1.04. The summed E-state index contributed by atoms with van der Waals surface area (Å²) in [5, 5.41) is 1.74. The predicted octanol–water partition coefficient (Wildman–Crippen LogP) is 3.82. The first-order valence-corrected chi connectivity index (χ1v) is 10.2. The number of hydrogen-bond donors (Lipinski definition) is 0. The van der Waals surface area contributed by atoms with Crippen LogP contribution in [-0.2, 0) is 0 Å². The van der Waals surface area contributed by atoms with E-state index >= 15 is 0 Å². The summed E-state index contributed by atoms with van der Waals surface area (Å²) >= 11 is 0. The van der Waals surface area contributed by atoms with E-state index in [0.717, 1.165) is 10.6 Å². The maximum Gasteiger partial charge on any atom is 0.275 e. The van der Waals surface area contributed by atoms with Gasteiger partial charge >= 0.3 is 0 Å². The van der Waals surface area contributed by atoms with Crippen molar-refractivity contribution in [1.82, 2.24) is 4.54 Å². The van der Waals surface area contributed by atoms with Crippen LogP contribution in [0.15, 0.2) is 84.9 Å². The van der Waals surface area contributed by atoms with Crippen molar-refractivity contribution in [3.63, 3.8) is 0 Å². The molecule has 0 amide bonds. The van der Waals surface area contributed by atoms with E-state index in [1.165, 1.54) is 0 Å². The molecule has 0 unspecified atom stereocenters. The lowest BCUT2D eigenvalue weighted by atomic mass is 10.1. The number of hydrogen-bond acceptors (Lipinski definition) is 2. The molecule has 0 saturated heterocycles. The summed E-state index contributed by atoms with van der Waals surface area (Å²) in [6, 6.07) is 26.1. The van der Waals surface area contributed by atoms with Crippen LogP contribution < -0.4 is 19.9 Å². The number of ether oxygens (including phenoxy) is 1. The second-order valence-corrected chi connectivity index (χ2v) is 8.91. The summed E-state index contributed by atoms with van der Waals surface area (Å²) in [6.45, 7) is 0. The molecule has 26 heavy (non-hydrogen) atoms. The van der Waals surface area contributed by atoms with Crippen LogP contribution in [0, 0.1) is 0 Å². The zero-order valence-corrected chi connectivity index (χ0v) is 15.3. The van der Waals surface area contributed by atoms with Crippen LogP contribution in [0.4, 0.5) is 0 Å². The van der Waals surface area contributed by atoms with Crippen LogP contribution in [0.2, 0.25) is 0 Å². The fraction of sp³-hybridized carbons (Fsp3) is 0.0952. The van der Waals surface area contributed by atoms with Crippen molar-refractivity contribution >= 4 is 23.4 Å². The minimum atomic E-state index is -2.62. The predicted molar refractivity (Wildman–Crippen MR) is 107 cm³/mol. The lowest BCUT2D eigenvalue weighted by Gasteiger charge is -2.15.